The van der Waals surface area contributed by atoms with E-state index in [0.29, 0.717) is 36.0 Å². The molecule has 1 amide bonds. The summed E-state index contributed by atoms with van der Waals surface area (Å²) in [4.78, 5) is 12.6. The summed E-state index contributed by atoms with van der Waals surface area (Å²) in [5.41, 5.74) is 1.90. The van der Waals surface area contributed by atoms with Crippen molar-refractivity contribution in [3.8, 4) is 22.8 Å². The molecule has 3 rings (SSSR count). The van der Waals surface area contributed by atoms with Crippen LogP contribution < -0.4 is 20.1 Å². The van der Waals surface area contributed by atoms with E-state index in [4.69, 9.17) is 14.2 Å². The molecule has 1 aliphatic heterocycles. The summed E-state index contributed by atoms with van der Waals surface area (Å²) in [5.74, 6) is 1.08. The second kappa shape index (κ2) is 9.07. The SMILES string of the molecule is COCC1(CNC(=O)c2cc(-c3ccc(OC)c(OC)c3)n[nH]2)CCNCC1. The first-order valence-corrected chi connectivity index (χ1v) is 9.36. The summed E-state index contributed by atoms with van der Waals surface area (Å²) in [7, 11) is 4.88. The maximum absolute atomic E-state index is 12.6. The molecule has 1 aromatic carbocycles. The Morgan fingerprint density at radius 1 is 1.14 bits per heavy atom. The number of carbonyl (C=O) groups is 1. The normalized spacial score (nSPS) is 15.8. The second-order valence-electron chi connectivity index (χ2n) is 7.10. The molecule has 1 fully saturated rings. The van der Waals surface area contributed by atoms with Gasteiger partial charge in [-0.1, -0.05) is 0 Å². The third-order valence-electron chi connectivity index (χ3n) is 5.24. The summed E-state index contributed by atoms with van der Waals surface area (Å²) in [6.07, 6.45) is 1.95. The van der Waals surface area contributed by atoms with Crippen molar-refractivity contribution in [2.45, 2.75) is 12.8 Å². The van der Waals surface area contributed by atoms with Crippen LogP contribution in [-0.2, 0) is 4.74 Å². The topological polar surface area (TPSA) is 97.5 Å². The monoisotopic (exact) mass is 388 g/mol. The van der Waals surface area contributed by atoms with Crippen LogP contribution in [0, 0.1) is 5.41 Å². The molecule has 8 nitrogen and oxygen atoms in total. The highest BCUT2D eigenvalue weighted by Gasteiger charge is 2.32. The summed E-state index contributed by atoms with van der Waals surface area (Å²) in [6, 6.07) is 7.26. The molecule has 0 saturated carbocycles. The van der Waals surface area contributed by atoms with Crippen molar-refractivity contribution < 1.29 is 19.0 Å². The Morgan fingerprint density at radius 2 is 1.89 bits per heavy atom. The Kier molecular flexibility index (Phi) is 6.53. The molecule has 0 bridgehead atoms. The Morgan fingerprint density at radius 3 is 2.57 bits per heavy atom. The van der Waals surface area contributed by atoms with Crippen LogP contribution in [0.5, 0.6) is 11.5 Å². The van der Waals surface area contributed by atoms with E-state index < -0.39 is 0 Å². The molecule has 0 aliphatic carbocycles. The molecule has 8 heteroatoms. The summed E-state index contributed by atoms with van der Waals surface area (Å²) < 4.78 is 16.0. The van der Waals surface area contributed by atoms with E-state index in [1.54, 1.807) is 27.4 Å². The third kappa shape index (κ3) is 4.45. The number of aromatic nitrogens is 2. The number of benzene rings is 1. The molecule has 1 aliphatic rings. The highest BCUT2D eigenvalue weighted by molar-refractivity contribution is 5.93. The summed E-state index contributed by atoms with van der Waals surface area (Å²) in [5, 5.41) is 13.5. The lowest BCUT2D eigenvalue weighted by molar-refractivity contribution is 0.0510. The van der Waals surface area contributed by atoms with Crippen molar-refractivity contribution in [3.63, 3.8) is 0 Å². The number of methoxy groups -OCH3 is 3. The number of nitrogens with zero attached hydrogens (tertiary/aromatic N) is 1. The molecule has 152 valence electrons. The molecule has 0 spiro atoms. The molecule has 2 heterocycles. The molecule has 28 heavy (non-hydrogen) atoms. The average molecular weight is 388 g/mol. The van der Waals surface area contributed by atoms with E-state index in [-0.39, 0.29) is 11.3 Å². The molecule has 1 aromatic heterocycles. The maximum Gasteiger partial charge on any atom is 0.269 e. The van der Waals surface area contributed by atoms with Gasteiger partial charge >= 0.3 is 0 Å². The van der Waals surface area contributed by atoms with Crippen LogP contribution in [0.25, 0.3) is 11.3 Å². The van der Waals surface area contributed by atoms with Crippen molar-refractivity contribution in [2.24, 2.45) is 5.41 Å². The highest BCUT2D eigenvalue weighted by Crippen LogP contribution is 2.32. The van der Waals surface area contributed by atoms with Gasteiger partial charge in [0.2, 0.25) is 0 Å². The van der Waals surface area contributed by atoms with Gasteiger partial charge in [0.1, 0.15) is 5.69 Å². The van der Waals surface area contributed by atoms with Gasteiger partial charge in [-0.15, -0.1) is 0 Å². The van der Waals surface area contributed by atoms with Crippen molar-refractivity contribution in [1.82, 2.24) is 20.8 Å². The molecule has 1 saturated heterocycles. The molecular weight excluding hydrogens is 360 g/mol. The van der Waals surface area contributed by atoms with Gasteiger partial charge in [-0.2, -0.15) is 5.10 Å². The second-order valence-corrected chi connectivity index (χ2v) is 7.10. The molecule has 0 atom stereocenters. The van der Waals surface area contributed by atoms with Crippen molar-refractivity contribution in [3.05, 3.63) is 30.0 Å². The maximum atomic E-state index is 12.6. The van der Waals surface area contributed by atoms with Crippen LogP contribution in [0.3, 0.4) is 0 Å². The molecule has 0 unspecified atom stereocenters. The van der Waals surface area contributed by atoms with Crippen LogP contribution in [0.4, 0.5) is 0 Å². The van der Waals surface area contributed by atoms with Crippen LogP contribution in [0.15, 0.2) is 24.3 Å². The summed E-state index contributed by atoms with van der Waals surface area (Å²) in [6.45, 7) is 3.08. The lowest BCUT2D eigenvalue weighted by Gasteiger charge is -2.37. The predicted octanol–water partition coefficient (Wildman–Crippen LogP) is 1.84. The van der Waals surface area contributed by atoms with E-state index in [1.165, 1.54) is 0 Å². The zero-order valence-electron chi connectivity index (χ0n) is 16.6. The number of piperidine rings is 1. The van der Waals surface area contributed by atoms with Gasteiger partial charge < -0.3 is 24.8 Å². The standard InChI is InChI=1S/C20H28N4O4/c1-26-13-20(6-8-21-9-7-20)12-22-19(25)16-11-15(23-24-16)14-4-5-17(27-2)18(10-14)28-3/h4-5,10-11,21H,6-9,12-13H2,1-3H3,(H,22,25)(H,23,24). The number of hydrogen-bond acceptors (Lipinski definition) is 6. The van der Waals surface area contributed by atoms with E-state index >= 15 is 0 Å². The zero-order valence-corrected chi connectivity index (χ0v) is 16.6. The van der Waals surface area contributed by atoms with Gasteiger partial charge in [0.25, 0.3) is 5.91 Å². The van der Waals surface area contributed by atoms with Gasteiger partial charge in [-0.05, 0) is 50.2 Å². The fraction of sp³-hybridized carbons (Fsp3) is 0.500. The lowest BCUT2D eigenvalue weighted by atomic mass is 9.79. The van der Waals surface area contributed by atoms with Crippen LogP contribution in [0.2, 0.25) is 0 Å². The fourth-order valence-electron chi connectivity index (χ4n) is 3.58. The van der Waals surface area contributed by atoms with Crippen molar-refractivity contribution in [1.29, 1.82) is 0 Å². The van der Waals surface area contributed by atoms with Gasteiger partial charge in [-0.3, -0.25) is 9.89 Å². The minimum Gasteiger partial charge on any atom is -0.493 e. The van der Waals surface area contributed by atoms with Crippen LogP contribution in [-0.4, -0.2) is 63.7 Å². The van der Waals surface area contributed by atoms with E-state index in [9.17, 15) is 4.79 Å². The van der Waals surface area contributed by atoms with Gasteiger partial charge in [-0.25, -0.2) is 0 Å². The quantitative estimate of drug-likeness (QED) is 0.638. The Hall–Kier alpha value is -2.58. The molecule has 0 radical (unpaired) electrons. The average Bonchev–Trinajstić information content (AvgIpc) is 3.23. The molecule has 2 aromatic rings. The van der Waals surface area contributed by atoms with Gasteiger partial charge in [0.05, 0.1) is 26.5 Å². The number of amides is 1. The minimum atomic E-state index is -0.173. The van der Waals surface area contributed by atoms with Gasteiger partial charge in [0, 0.05) is 24.6 Å². The number of hydrogen-bond donors (Lipinski definition) is 3. The number of aromatic amines is 1. The number of ether oxygens (including phenoxy) is 3. The van der Waals surface area contributed by atoms with E-state index in [1.807, 2.05) is 18.2 Å². The van der Waals surface area contributed by atoms with Crippen molar-refractivity contribution in [2.75, 3.05) is 47.6 Å². The number of rotatable bonds is 8. The smallest absolute Gasteiger partial charge is 0.269 e. The molecular formula is C20H28N4O4. The fourth-order valence-corrected chi connectivity index (χ4v) is 3.58. The first-order chi connectivity index (χ1) is 13.6. The summed E-state index contributed by atoms with van der Waals surface area (Å²) >= 11 is 0. The Balaban J connectivity index is 1.68. The first kappa shape index (κ1) is 20.2. The Bertz CT molecular complexity index is 794. The molecule has 3 N–H and O–H groups in total. The van der Waals surface area contributed by atoms with Gasteiger partial charge in [0.15, 0.2) is 11.5 Å². The number of nitrogens with one attached hydrogen (secondary N) is 3. The Labute approximate surface area is 164 Å². The third-order valence-corrected chi connectivity index (χ3v) is 5.24. The number of H-pyrrole nitrogens is 1. The van der Waals surface area contributed by atoms with Crippen molar-refractivity contribution >= 4 is 5.91 Å². The zero-order chi connectivity index (χ0) is 20.0. The van der Waals surface area contributed by atoms with Crippen LogP contribution >= 0.6 is 0 Å². The minimum absolute atomic E-state index is 0.0259. The largest absolute Gasteiger partial charge is 0.493 e. The van der Waals surface area contributed by atoms with E-state index in [2.05, 4.69) is 20.8 Å². The van der Waals surface area contributed by atoms with Crippen LogP contribution in [0.1, 0.15) is 23.3 Å². The first-order valence-electron chi connectivity index (χ1n) is 9.36. The predicted molar refractivity (Wildman–Crippen MR) is 106 cm³/mol. The lowest BCUT2D eigenvalue weighted by Crippen LogP contribution is -2.47. The highest BCUT2D eigenvalue weighted by atomic mass is 16.5. The number of carbonyl (C=O) groups excluding carboxylic acids is 1. The van der Waals surface area contributed by atoms with E-state index in [0.717, 1.165) is 31.5 Å².